The van der Waals surface area contributed by atoms with Crippen molar-refractivity contribution >= 4 is 10.0 Å². The fourth-order valence-electron chi connectivity index (χ4n) is 0.626. The van der Waals surface area contributed by atoms with Gasteiger partial charge in [-0.2, -0.15) is 12.5 Å². The van der Waals surface area contributed by atoms with E-state index in [1.54, 1.807) is 0 Å². The van der Waals surface area contributed by atoms with E-state index in [-0.39, 0.29) is 5.03 Å². The Balaban J connectivity index is 3.03. The summed E-state index contributed by atoms with van der Waals surface area (Å²) in [4.78, 5) is 0. The fraction of sp³-hybridized carbons (Fsp3) is 0. The van der Waals surface area contributed by atoms with Crippen molar-refractivity contribution in [1.29, 1.82) is 0 Å². The highest BCUT2D eigenvalue weighted by Gasteiger charge is 2.30. The summed E-state index contributed by atoms with van der Waals surface area (Å²) >= 11 is 0. The zero-order valence-electron chi connectivity index (χ0n) is 3.77. The molecule has 0 saturated heterocycles. The van der Waals surface area contributed by atoms with Gasteiger partial charge in [0, 0.05) is 6.20 Å². The lowest BCUT2D eigenvalue weighted by Gasteiger charge is -2.04. The summed E-state index contributed by atoms with van der Waals surface area (Å²) in [6.45, 7) is 0. The minimum atomic E-state index is -3.06. The molecule has 3 heterocycles. The Morgan fingerprint density at radius 1 is 1.62 bits per heavy atom. The molecule has 0 saturated carbocycles. The van der Waals surface area contributed by atoms with E-state index in [1.807, 2.05) is 0 Å². The number of aromatic nitrogens is 2. The van der Waals surface area contributed by atoms with Crippen LogP contribution in [0.25, 0.3) is 0 Å². The van der Waals surface area contributed by atoms with Gasteiger partial charge in [0.15, 0.2) is 0 Å². The van der Waals surface area contributed by atoms with Gasteiger partial charge in [-0.25, -0.2) is 0 Å². The van der Waals surface area contributed by atoms with Gasteiger partial charge in [-0.3, -0.25) is 0 Å². The monoisotopic (exact) mass is 130 g/mol. The van der Waals surface area contributed by atoms with E-state index in [1.165, 1.54) is 12.3 Å². The Bertz CT molecular complexity index is 291. The maximum absolute atomic E-state index is 10.5. The number of rotatable bonds is 0. The molecule has 3 rings (SSSR count). The molecule has 0 atom stereocenters. The molecule has 2 bridgehead atoms. The SMILES string of the molecule is O=S1(=O)c2ccn1n2. The molecule has 0 radical (unpaired) electrons. The van der Waals surface area contributed by atoms with Crippen LogP contribution in [0.15, 0.2) is 17.3 Å². The Hall–Kier alpha value is -0.840. The normalized spacial score (nSPS) is 20.0. The van der Waals surface area contributed by atoms with E-state index < -0.39 is 10.0 Å². The predicted molar refractivity (Wildman–Crippen MR) is 24.8 cm³/mol. The van der Waals surface area contributed by atoms with E-state index in [0.717, 1.165) is 4.09 Å². The molecule has 0 aromatic carbocycles. The summed E-state index contributed by atoms with van der Waals surface area (Å²) in [6, 6.07) is 1.47. The minimum absolute atomic E-state index is 0.178. The summed E-state index contributed by atoms with van der Waals surface area (Å²) in [7, 11) is -3.06. The van der Waals surface area contributed by atoms with Gasteiger partial charge >= 0.3 is 10.0 Å². The summed E-state index contributed by atoms with van der Waals surface area (Å²) < 4.78 is 22.0. The van der Waals surface area contributed by atoms with Crippen molar-refractivity contribution in [1.82, 2.24) is 9.19 Å². The van der Waals surface area contributed by atoms with Crippen molar-refractivity contribution in [2.45, 2.75) is 5.03 Å². The lowest BCUT2D eigenvalue weighted by molar-refractivity contribution is 0.555. The molecule has 2 aliphatic heterocycles. The van der Waals surface area contributed by atoms with Crippen LogP contribution in [0.2, 0.25) is 0 Å². The highest BCUT2D eigenvalue weighted by atomic mass is 32.2. The minimum Gasteiger partial charge on any atom is -0.198 e. The zero-order valence-corrected chi connectivity index (χ0v) is 4.59. The topological polar surface area (TPSA) is 52.0 Å². The molecular weight excluding hydrogens is 128 g/mol. The van der Waals surface area contributed by atoms with Gasteiger partial charge in [-0.15, -0.1) is 5.10 Å². The standard InChI is InChI=1S/C3H2N2O2S/c6-8(7)3-1-2-5(8)4-3/h1-2H. The molecule has 0 unspecified atom stereocenters. The summed E-state index contributed by atoms with van der Waals surface area (Å²) in [5, 5.41) is 3.72. The van der Waals surface area contributed by atoms with Crippen LogP contribution in [-0.4, -0.2) is 17.6 Å². The van der Waals surface area contributed by atoms with Crippen LogP contribution in [0.3, 0.4) is 0 Å². The van der Waals surface area contributed by atoms with Gasteiger partial charge in [0.1, 0.15) is 0 Å². The van der Waals surface area contributed by atoms with Crippen molar-refractivity contribution in [3.05, 3.63) is 12.3 Å². The van der Waals surface area contributed by atoms with Crippen LogP contribution in [-0.2, 0) is 10.0 Å². The van der Waals surface area contributed by atoms with Gasteiger partial charge in [-0.1, -0.05) is 0 Å². The highest BCUT2D eigenvalue weighted by Crippen LogP contribution is 2.18. The third-order valence-corrected chi connectivity index (χ3v) is 2.49. The third-order valence-electron chi connectivity index (χ3n) is 1.05. The molecule has 1 aromatic rings. The number of fused-ring (bicyclic) bond motifs is 1. The molecule has 1 aromatic heterocycles. The number of hydrogen-bond acceptors (Lipinski definition) is 3. The van der Waals surface area contributed by atoms with Crippen LogP contribution < -0.4 is 0 Å². The molecule has 4 nitrogen and oxygen atoms in total. The Kier molecular flexibility index (Phi) is 0.417. The molecular formula is C3H2N2O2S. The summed E-state index contributed by atoms with van der Waals surface area (Å²) in [6.07, 6.45) is 1.42. The Labute approximate surface area is 45.8 Å². The van der Waals surface area contributed by atoms with Crippen molar-refractivity contribution in [3.63, 3.8) is 0 Å². The lowest BCUT2D eigenvalue weighted by Crippen LogP contribution is -2.21. The van der Waals surface area contributed by atoms with E-state index in [2.05, 4.69) is 5.10 Å². The van der Waals surface area contributed by atoms with Crippen molar-refractivity contribution in [2.75, 3.05) is 0 Å². The first-order valence-electron chi connectivity index (χ1n) is 2.02. The largest absolute Gasteiger partial charge is 0.302 e. The average molecular weight is 130 g/mol. The van der Waals surface area contributed by atoms with E-state index >= 15 is 0 Å². The third kappa shape index (κ3) is 0.220. The van der Waals surface area contributed by atoms with Crippen LogP contribution in [0.5, 0.6) is 0 Å². The fourth-order valence-corrected chi connectivity index (χ4v) is 1.54. The first-order chi connectivity index (χ1) is 3.71. The van der Waals surface area contributed by atoms with E-state index in [4.69, 9.17) is 0 Å². The second kappa shape index (κ2) is 0.818. The molecule has 0 fully saturated rings. The molecule has 0 spiro atoms. The van der Waals surface area contributed by atoms with Gasteiger partial charge < -0.3 is 0 Å². The first kappa shape index (κ1) is 4.08. The maximum atomic E-state index is 10.5. The Morgan fingerprint density at radius 3 is 2.50 bits per heavy atom. The van der Waals surface area contributed by atoms with E-state index in [0.29, 0.717) is 0 Å². The molecule has 2 aliphatic rings. The zero-order chi connectivity index (χ0) is 5.78. The smallest absolute Gasteiger partial charge is 0.198 e. The van der Waals surface area contributed by atoms with Gasteiger partial charge in [0.25, 0.3) is 0 Å². The second-order valence-corrected chi connectivity index (χ2v) is 3.27. The van der Waals surface area contributed by atoms with Crippen LogP contribution in [0, 0.1) is 0 Å². The maximum Gasteiger partial charge on any atom is 0.302 e. The molecule has 0 N–H and O–H groups in total. The van der Waals surface area contributed by atoms with Crippen molar-refractivity contribution < 1.29 is 8.42 Å². The molecule has 8 heavy (non-hydrogen) atoms. The van der Waals surface area contributed by atoms with E-state index in [9.17, 15) is 8.42 Å². The quantitative estimate of drug-likeness (QED) is 0.480. The van der Waals surface area contributed by atoms with Gasteiger partial charge in [0.2, 0.25) is 5.03 Å². The van der Waals surface area contributed by atoms with Crippen LogP contribution in [0.1, 0.15) is 0 Å². The average Bonchev–Trinajstić information content (AvgIpc) is 2.18. The summed E-state index contributed by atoms with van der Waals surface area (Å²) in [5.74, 6) is 0. The number of hydrogen-bond donors (Lipinski definition) is 0. The highest BCUT2D eigenvalue weighted by molar-refractivity contribution is 7.90. The first-order valence-corrected chi connectivity index (χ1v) is 3.46. The summed E-state index contributed by atoms with van der Waals surface area (Å²) in [5.41, 5.74) is 0. The second-order valence-electron chi connectivity index (χ2n) is 1.53. The van der Waals surface area contributed by atoms with Gasteiger partial charge in [-0.05, 0) is 6.07 Å². The van der Waals surface area contributed by atoms with Crippen molar-refractivity contribution in [3.8, 4) is 0 Å². The number of nitrogens with zero attached hydrogens (tertiary/aromatic N) is 2. The predicted octanol–water partition coefficient (Wildman–Crippen LogP) is -0.567. The molecule has 5 heteroatoms. The molecule has 0 aliphatic carbocycles. The molecule has 42 valence electrons. The van der Waals surface area contributed by atoms with Crippen LogP contribution in [0.4, 0.5) is 0 Å². The van der Waals surface area contributed by atoms with Gasteiger partial charge in [0.05, 0.1) is 0 Å². The Morgan fingerprint density at radius 2 is 2.38 bits per heavy atom. The lowest BCUT2D eigenvalue weighted by atomic mass is 10.8. The van der Waals surface area contributed by atoms with Crippen molar-refractivity contribution in [2.24, 2.45) is 0 Å². The van der Waals surface area contributed by atoms with Crippen LogP contribution >= 0.6 is 0 Å². The molecule has 0 amide bonds.